The Balaban J connectivity index is 2.43. The molecule has 1 fully saturated rings. The van der Waals surface area contributed by atoms with Crippen molar-refractivity contribution in [3.8, 4) is 0 Å². The van der Waals surface area contributed by atoms with Crippen LogP contribution >= 0.6 is 0 Å². The highest BCUT2D eigenvalue weighted by molar-refractivity contribution is 6.36. The predicted octanol–water partition coefficient (Wildman–Crippen LogP) is 1.22. The molecule has 3 heteroatoms. The zero-order valence-electron chi connectivity index (χ0n) is 8.38. The van der Waals surface area contributed by atoms with Crippen LogP contribution in [-0.4, -0.2) is 29.7 Å². The summed E-state index contributed by atoms with van der Waals surface area (Å²) in [7, 11) is 0. The van der Waals surface area contributed by atoms with E-state index in [1.165, 1.54) is 0 Å². The first-order valence-electron chi connectivity index (χ1n) is 4.97. The largest absolute Gasteiger partial charge is 0.336 e. The van der Waals surface area contributed by atoms with E-state index >= 15 is 0 Å². The molecule has 1 atom stereocenters. The first-order chi connectivity index (χ1) is 6.15. The molecule has 1 saturated heterocycles. The second-order valence-corrected chi connectivity index (χ2v) is 3.82. The van der Waals surface area contributed by atoms with Crippen LogP contribution in [0.15, 0.2) is 0 Å². The molecule has 74 valence electrons. The fourth-order valence-corrected chi connectivity index (χ4v) is 1.63. The molecule has 1 heterocycles. The minimum atomic E-state index is -0.272. The van der Waals surface area contributed by atoms with Gasteiger partial charge in [0.2, 0.25) is 5.78 Å². The quantitative estimate of drug-likeness (QED) is 0.617. The molecule has 0 N–H and O–H groups in total. The van der Waals surface area contributed by atoms with Gasteiger partial charge in [-0.15, -0.1) is 0 Å². The second-order valence-electron chi connectivity index (χ2n) is 3.82. The van der Waals surface area contributed by atoms with Crippen LogP contribution in [0.4, 0.5) is 0 Å². The van der Waals surface area contributed by atoms with Crippen molar-refractivity contribution in [2.24, 2.45) is 5.92 Å². The van der Waals surface area contributed by atoms with Gasteiger partial charge in [-0.1, -0.05) is 13.8 Å². The molecule has 0 aromatic rings. The summed E-state index contributed by atoms with van der Waals surface area (Å²) in [5.74, 6) is 0.0566. The Morgan fingerprint density at radius 2 is 2.15 bits per heavy atom. The van der Waals surface area contributed by atoms with Gasteiger partial charge in [0, 0.05) is 19.5 Å². The maximum atomic E-state index is 11.5. The van der Waals surface area contributed by atoms with Gasteiger partial charge in [0.1, 0.15) is 0 Å². The van der Waals surface area contributed by atoms with Crippen molar-refractivity contribution in [1.29, 1.82) is 0 Å². The minimum Gasteiger partial charge on any atom is -0.336 e. The summed E-state index contributed by atoms with van der Waals surface area (Å²) in [5.41, 5.74) is 0. The van der Waals surface area contributed by atoms with Gasteiger partial charge >= 0.3 is 0 Å². The van der Waals surface area contributed by atoms with Gasteiger partial charge in [-0.25, -0.2) is 0 Å². The molecule has 0 saturated carbocycles. The Kier molecular flexibility index (Phi) is 3.46. The summed E-state index contributed by atoms with van der Waals surface area (Å²) >= 11 is 0. The monoisotopic (exact) mass is 183 g/mol. The van der Waals surface area contributed by atoms with Crippen LogP contribution in [0.2, 0.25) is 0 Å². The van der Waals surface area contributed by atoms with Crippen LogP contribution < -0.4 is 0 Å². The molecule has 0 aromatic carbocycles. The SMILES string of the molecule is CCCC(=O)C(=O)N1CCC(C)C1. The molecule has 3 nitrogen and oxygen atoms in total. The smallest absolute Gasteiger partial charge is 0.289 e. The number of hydrogen-bond acceptors (Lipinski definition) is 2. The first-order valence-corrected chi connectivity index (χ1v) is 4.97. The molecular formula is C10H17NO2. The average Bonchev–Trinajstić information content (AvgIpc) is 2.51. The normalized spacial score (nSPS) is 22.0. The maximum absolute atomic E-state index is 11.5. The molecule has 13 heavy (non-hydrogen) atoms. The lowest BCUT2D eigenvalue weighted by atomic mass is 10.2. The Morgan fingerprint density at radius 1 is 1.46 bits per heavy atom. The number of Topliss-reactive ketones (excluding diaryl/α,β-unsaturated/α-hetero) is 1. The molecule has 1 rings (SSSR count). The topological polar surface area (TPSA) is 37.4 Å². The lowest BCUT2D eigenvalue weighted by Crippen LogP contribution is -2.34. The lowest BCUT2D eigenvalue weighted by molar-refractivity contribution is -0.144. The number of likely N-dealkylation sites (tertiary alicyclic amines) is 1. The fourth-order valence-electron chi connectivity index (χ4n) is 1.63. The number of nitrogens with zero attached hydrogens (tertiary/aromatic N) is 1. The summed E-state index contributed by atoms with van der Waals surface area (Å²) in [6, 6.07) is 0. The van der Waals surface area contributed by atoms with Crippen molar-refractivity contribution < 1.29 is 9.59 Å². The third-order valence-corrected chi connectivity index (χ3v) is 2.43. The third-order valence-electron chi connectivity index (χ3n) is 2.43. The molecule has 1 amide bonds. The number of carbonyl (C=O) groups is 2. The summed E-state index contributed by atoms with van der Waals surface area (Å²) in [6.07, 6.45) is 2.18. The van der Waals surface area contributed by atoms with Crippen molar-refractivity contribution >= 4 is 11.7 Å². The van der Waals surface area contributed by atoms with Crippen LogP contribution in [0, 0.1) is 5.92 Å². The number of ketones is 1. The predicted molar refractivity (Wildman–Crippen MR) is 50.3 cm³/mol. The van der Waals surface area contributed by atoms with E-state index in [0.29, 0.717) is 12.3 Å². The summed E-state index contributed by atoms with van der Waals surface area (Å²) in [4.78, 5) is 24.4. The molecule has 0 bridgehead atoms. The number of hydrogen-bond donors (Lipinski definition) is 0. The Labute approximate surface area is 79.1 Å². The average molecular weight is 183 g/mol. The first kappa shape index (κ1) is 10.2. The van der Waals surface area contributed by atoms with Crippen LogP contribution in [0.3, 0.4) is 0 Å². The van der Waals surface area contributed by atoms with Gasteiger partial charge in [-0.05, 0) is 18.8 Å². The van der Waals surface area contributed by atoms with E-state index in [-0.39, 0.29) is 11.7 Å². The van der Waals surface area contributed by atoms with Crippen molar-refractivity contribution in [3.63, 3.8) is 0 Å². The molecule has 0 radical (unpaired) electrons. The number of amides is 1. The lowest BCUT2D eigenvalue weighted by Gasteiger charge is -2.14. The molecule has 0 aliphatic carbocycles. The van der Waals surface area contributed by atoms with Crippen molar-refractivity contribution in [3.05, 3.63) is 0 Å². The summed E-state index contributed by atoms with van der Waals surface area (Å²) < 4.78 is 0. The Morgan fingerprint density at radius 3 is 2.62 bits per heavy atom. The van der Waals surface area contributed by atoms with Crippen LogP contribution in [0.25, 0.3) is 0 Å². The van der Waals surface area contributed by atoms with E-state index in [9.17, 15) is 9.59 Å². The van der Waals surface area contributed by atoms with Crippen LogP contribution in [0.1, 0.15) is 33.1 Å². The zero-order valence-corrected chi connectivity index (χ0v) is 8.38. The maximum Gasteiger partial charge on any atom is 0.289 e. The van der Waals surface area contributed by atoms with E-state index in [4.69, 9.17) is 0 Å². The van der Waals surface area contributed by atoms with Gasteiger partial charge in [0.25, 0.3) is 5.91 Å². The van der Waals surface area contributed by atoms with E-state index < -0.39 is 0 Å². The summed E-state index contributed by atoms with van der Waals surface area (Å²) in [6.45, 7) is 5.54. The number of carbonyl (C=O) groups excluding carboxylic acids is 2. The highest BCUT2D eigenvalue weighted by atomic mass is 16.2. The molecule has 1 aliphatic heterocycles. The van der Waals surface area contributed by atoms with E-state index in [0.717, 1.165) is 25.9 Å². The fraction of sp³-hybridized carbons (Fsp3) is 0.800. The highest BCUT2D eigenvalue weighted by Gasteiger charge is 2.26. The van der Waals surface area contributed by atoms with E-state index in [2.05, 4.69) is 6.92 Å². The van der Waals surface area contributed by atoms with Crippen molar-refractivity contribution in [1.82, 2.24) is 4.90 Å². The van der Waals surface area contributed by atoms with E-state index in [1.807, 2.05) is 6.92 Å². The van der Waals surface area contributed by atoms with Gasteiger partial charge in [0.15, 0.2) is 0 Å². The van der Waals surface area contributed by atoms with Crippen LogP contribution in [-0.2, 0) is 9.59 Å². The van der Waals surface area contributed by atoms with Crippen molar-refractivity contribution in [2.75, 3.05) is 13.1 Å². The summed E-state index contributed by atoms with van der Waals surface area (Å²) in [5, 5.41) is 0. The molecule has 0 aromatic heterocycles. The number of rotatable bonds is 3. The van der Waals surface area contributed by atoms with E-state index in [1.54, 1.807) is 4.90 Å². The molecule has 1 unspecified atom stereocenters. The minimum absolute atomic E-state index is 0.225. The van der Waals surface area contributed by atoms with Crippen molar-refractivity contribution in [2.45, 2.75) is 33.1 Å². The zero-order chi connectivity index (χ0) is 9.84. The molecule has 1 aliphatic rings. The molecule has 0 spiro atoms. The third kappa shape index (κ3) is 2.54. The Bertz CT molecular complexity index is 213. The van der Waals surface area contributed by atoms with Gasteiger partial charge in [-0.3, -0.25) is 9.59 Å². The van der Waals surface area contributed by atoms with Crippen LogP contribution in [0.5, 0.6) is 0 Å². The second kappa shape index (κ2) is 4.40. The van der Waals surface area contributed by atoms with Gasteiger partial charge in [0.05, 0.1) is 0 Å². The Hall–Kier alpha value is -0.860. The highest BCUT2D eigenvalue weighted by Crippen LogP contribution is 2.15. The molecular weight excluding hydrogens is 166 g/mol. The van der Waals surface area contributed by atoms with Gasteiger partial charge < -0.3 is 4.90 Å². The van der Waals surface area contributed by atoms with Gasteiger partial charge in [-0.2, -0.15) is 0 Å². The standard InChI is InChI=1S/C10H17NO2/c1-3-4-9(12)10(13)11-6-5-8(2)7-11/h8H,3-7H2,1-2H3.